The van der Waals surface area contributed by atoms with Crippen molar-refractivity contribution in [1.82, 2.24) is 9.13 Å². The third-order valence-electron chi connectivity index (χ3n) is 13.5. The lowest BCUT2D eigenvalue weighted by atomic mass is 9.31. The molecule has 0 spiro atoms. The second-order valence-corrected chi connectivity index (χ2v) is 18.4. The number of ether oxygens (including phenoxy) is 2. The molecule has 0 saturated heterocycles. The molecule has 0 fully saturated rings. The van der Waals surface area contributed by atoms with Crippen LogP contribution in [0.3, 0.4) is 0 Å². The highest BCUT2D eigenvalue weighted by atomic mass is 127. The van der Waals surface area contributed by atoms with Gasteiger partial charge in [-0.25, -0.2) is 0 Å². The Bertz CT molecular complexity index is 3370. The maximum Gasteiger partial charge on any atom is 0.256 e. The maximum atomic E-state index is 7.17. The van der Waals surface area contributed by atoms with Crippen molar-refractivity contribution in [2.75, 3.05) is 0 Å². The molecule has 7 aromatic carbocycles. The van der Waals surface area contributed by atoms with Gasteiger partial charge in [0.2, 0.25) is 0 Å². The fourth-order valence-corrected chi connectivity index (χ4v) is 11.7. The fourth-order valence-electron chi connectivity index (χ4n) is 11.2. The minimum absolute atomic E-state index is 0.00792. The molecule has 7 heteroatoms. The second-order valence-electron chi connectivity index (χ2n) is 17.1. The summed E-state index contributed by atoms with van der Waals surface area (Å²) in [5, 5.41) is 5.26. The van der Waals surface area contributed by atoms with Crippen molar-refractivity contribution in [3.63, 3.8) is 0 Å². The van der Waals surface area contributed by atoms with E-state index in [1.54, 1.807) is 0 Å². The van der Waals surface area contributed by atoms with Gasteiger partial charge in [0.1, 0.15) is 23.0 Å². The Morgan fingerprint density at radius 1 is 0.526 bits per heavy atom. The van der Waals surface area contributed by atoms with Crippen LogP contribution in [0.4, 0.5) is 0 Å². The van der Waals surface area contributed by atoms with Gasteiger partial charge < -0.3 is 18.6 Å². The Labute approximate surface area is 345 Å². The van der Waals surface area contributed by atoms with E-state index in [4.69, 9.17) is 9.47 Å². The Morgan fingerprint density at radius 2 is 1.18 bits per heavy atom. The Morgan fingerprint density at radius 3 is 1.93 bits per heavy atom. The van der Waals surface area contributed by atoms with E-state index in [0.717, 1.165) is 45.8 Å². The van der Waals surface area contributed by atoms with Crippen molar-refractivity contribution in [3.8, 4) is 34.4 Å². The number of aromatic nitrogens is 2. The lowest BCUT2D eigenvalue weighted by Gasteiger charge is -2.37. The highest BCUT2D eigenvalue weighted by Crippen LogP contribution is 2.42. The van der Waals surface area contributed by atoms with Gasteiger partial charge in [-0.05, 0) is 156 Å². The first-order valence-corrected chi connectivity index (χ1v) is 21.5. The smallest absolute Gasteiger partial charge is 0.256 e. The minimum Gasteiger partial charge on any atom is -0.458 e. The van der Waals surface area contributed by atoms with E-state index >= 15 is 0 Å². The molecule has 0 radical (unpaired) electrons. The zero-order valence-electron chi connectivity index (χ0n) is 32.6. The summed E-state index contributed by atoms with van der Waals surface area (Å²) in [5.74, 6) is 3.68. The number of benzene rings is 7. The second kappa shape index (κ2) is 11.2. The number of hydrogen-bond acceptors (Lipinski definition) is 2. The van der Waals surface area contributed by atoms with E-state index < -0.39 is 0 Å². The van der Waals surface area contributed by atoms with Gasteiger partial charge in [-0.1, -0.05) is 72.0 Å². The van der Waals surface area contributed by atoms with Crippen LogP contribution in [-0.2, 0) is 6.42 Å². The van der Waals surface area contributed by atoms with Gasteiger partial charge in [-0.3, -0.25) is 0 Å². The minimum atomic E-state index is 0.00792. The lowest BCUT2D eigenvalue weighted by molar-refractivity contribution is 0.465. The fraction of sp³-hybridized carbons (Fsp3) is 0.160. The Kier molecular flexibility index (Phi) is 6.40. The van der Waals surface area contributed by atoms with E-state index in [1.807, 2.05) is 0 Å². The van der Waals surface area contributed by atoms with Crippen molar-refractivity contribution in [2.45, 2.75) is 53.9 Å². The molecule has 0 atom stereocenters. The van der Waals surface area contributed by atoms with Crippen molar-refractivity contribution < 1.29 is 9.47 Å². The van der Waals surface area contributed by atoms with Crippen LogP contribution < -0.4 is 42.3 Å². The highest BCUT2D eigenvalue weighted by Gasteiger charge is 2.46. The number of rotatable bonds is 3. The number of hydrogen-bond donors (Lipinski definition) is 0. The first-order valence-electron chi connectivity index (χ1n) is 20.4. The molecular weight excluding hydrogens is 809 g/mol. The van der Waals surface area contributed by atoms with Crippen molar-refractivity contribution in [1.29, 1.82) is 0 Å². The van der Waals surface area contributed by atoms with Crippen LogP contribution in [0.25, 0.3) is 55.0 Å². The monoisotopic (exact) mass is 846 g/mol. The van der Waals surface area contributed by atoms with Gasteiger partial charge in [0.15, 0.2) is 0 Å². The molecule has 57 heavy (non-hydrogen) atoms. The molecular formula is C50H37B2IN2O2. The summed E-state index contributed by atoms with van der Waals surface area (Å²) in [7, 11) is 0. The van der Waals surface area contributed by atoms with Crippen LogP contribution in [0.5, 0.6) is 23.0 Å². The van der Waals surface area contributed by atoms with Gasteiger partial charge in [-0.15, -0.1) is 0 Å². The Hall–Kier alpha value is -5.40. The third-order valence-corrected chi connectivity index (χ3v) is 14.1. The van der Waals surface area contributed by atoms with Crippen LogP contribution in [0, 0.1) is 31.3 Å². The molecule has 0 unspecified atom stereocenters. The summed E-state index contributed by atoms with van der Waals surface area (Å²) in [6.45, 7) is 11.2. The largest absolute Gasteiger partial charge is 0.458 e. The van der Waals surface area contributed by atoms with Gasteiger partial charge in [0.05, 0.1) is 11.0 Å². The standard InChI is InChI=1S/C50H37B2IN2O2/c1-6-7-8-29-19-40-48-44(20-29)56-43-24-42-35(23-36(43)52(48)46-28(5)11-12-31-32-15-25(2)9-13-38(32)55(40)50(31)46)51-37-18-27(4)17-34-33-16-26(3)10-14-39(33)54(49(34)37)41-21-30(53)22-45(57-42)47(41)51/h9-24H,6-8H2,1-5H3. The summed E-state index contributed by atoms with van der Waals surface area (Å²) in [5.41, 5.74) is 21.7. The molecule has 4 aliphatic rings. The molecule has 0 N–H and O–H groups in total. The number of fused-ring (bicyclic) bond motifs is 14. The zero-order valence-corrected chi connectivity index (χ0v) is 34.8. The number of aryl methyl sites for hydroxylation is 5. The summed E-state index contributed by atoms with van der Waals surface area (Å²) < 4.78 is 20.5. The quantitative estimate of drug-likeness (QED) is 0.131. The van der Waals surface area contributed by atoms with E-state index in [2.05, 4.69) is 163 Å². The third kappa shape index (κ3) is 4.15. The summed E-state index contributed by atoms with van der Waals surface area (Å²) in [6, 6.07) is 37.4. The predicted molar refractivity (Wildman–Crippen MR) is 248 cm³/mol. The molecule has 0 amide bonds. The van der Waals surface area contributed by atoms with Crippen molar-refractivity contribution >= 4 is 112 Å². The van der Waals surface area contributed by atoms with Gasteiger partial charge >= 0.3 is 0 Å². The predicted octanol–water partition coefficient (Wildman–Crippen LogP) is 8.93. The van der Waals surface area contributed by atoms with E-state index in [0.29, 0.717) is 0 Å². The molecule has 272 valence electrons. The first-order chi connectivity index (χ1) is 27.7. The molecule has 9 aromatic rings. The highest BCUT2D eigenvalue weighted by molar-refractivity contribution is 14.1. The summed E-state index contributed by atoms with van der Waals surface area (Å²) in [6.07, 6.45) is 3.31. The molecule has 0 bridgehead atoms. The first kappa shape index (κ1) is 32.7. The average Bonchev–Trinajstić information content (AvgIpc) is 3.69. The topological polar surface area (TPSA) is 28.3 Å². The SMILES string of the molecule is CCCCc1cc2c3c(c1)-n1c4ccc(C)cc4c4ccc(C)c(c41)B3c1cc3c(cc1O2)Oc1cc(I)cc2c1B3c1cc(C)cc3c4cc(C)ccc4n-2c13. The molecule has 13 rings (SSSR count). The number of unbranched alkanes of at least 4 members (excludes halogenated alkanes) is 1. The van der Waals surface area contributed by atoms with Gasteiger partial charge in [0, 0.05) is 53.6 Å². The zero-order chi connectivity index (χ0) is 38.2. The van der Waals surface area contributed by atoms with Crippen molar-refractivity contribution in [3.05, 3.63) is 128 Å². The van der Waals surface area contributed by atoms with Crippen LogP contribution in [0.2, 0.25) is 0 Å². The van der Waals surface area contributed by atoms with Gasteiger partial charge in [0.25, 0.3) is 13.4 Å². The molecule has 0 aliphatic carbocycles. The molecule has 6 heterocycles. The number of halogens is 1. The van der Waals surface area contributed by atoms with E-state index in [-0.39, 0.29) is 13.4 Å². The van der Waals surface area contributed by atoms with E-state index in [1.165, 1.54) is 116 Å². The normalized spacial score (nSPS) is 13.9. The number of nitrogens with zero attached hydrogens (tertiary/aromatic N) is 2. The molecule has 0 saturated carbocycles. The maximum absolute atomic E-state index is 7.17. The van der Waals surface area contributed by atoms with Crippen LogP contribution >= 0.6 is 22.6 Å². The van der Waals surface area contributed by atoms with Crippen LogP contribution in [0.15, 0.2) is 97.1 Å². The van der Waals surface area contributed by atoms with Crippen molar-refractivity contribution in [2.24, 2.45) is 0 Å². The van der Waals surface area contributed by atoms with Crippen LogP contribution in [0.1, 0.15) is 47.6 Å². The summed E-state index contributed by atoms with van der Waals surface area (Å²) in [4.78, 5) is 0. The average molecular weight is 846 g/mol. The summed E-state index contributed by atoms with van der Waals surface area (Å²) >= 11 is 2.46. The molecule has 2 aromatic heterocycles. The van der Waals surface area contributed by atoms with Gasteiger partial charge in [-0.2, -0.15) is 0 Å². The Balaban J connectivity index is 1.13. The molecule has 4 aliphatic heterocycles. The van der Waals surface area contributed by atoms with E-state index in [9.17, 15) is 0 Å². The molecule has 4 nitrogen and oxygen atoms in total. The lowest BCUT2D eigenvalue weighted by Crippen LogP contribution is -2.62. The van der Waals surface area contributed by atoms with Crippen LogP contribution in [-0.4, -0.2) is 22.6 Å².